The molecule has 3 aromatic rings. The molecule has 6 nitrogen and oxygen atoms in total. The van der Waals surface area contributed by atoms with Crippen LogP contribution < -0.4 is 5.32 Å². The summed E-state index contributed by atoms with van der Waals surface area (Å²) in [4.78, 5) is 12.3. The molecule has 3 rings (SSSR count). The van der Waals surface area contributed by atoms with Crippen molar-refractivity contribution in [3.63, 3.8) is 0 Å². The standard InChI is InChI=1S/C16H14ClN5O/c1-11-14(7-4-8-15(11)22-10-18-20-21-22)19-16(23)9-12-5-2-3-6-13(12)17/h2-8,10H,9H2,1H3,(H,19,23). The smallest absolute Gasteiger partial charge is 0.228 e. The van der Waals surface area contributed by atoms with Crippen molar-refractivity contribution in [1.29, 1.82) is 0 Å². The molecule has 2 aromatic carbocycles. The molecular formula is C16H14ClN5O. The lowest BCUT2D eigenvalue weighted by atomic mass is 10.1. The fourth-order valence-corrected chi connectivity index (χ4v) is 2.49. The highest BCUT2D eigenvalue weighted by molar-refractivity contribution is 6.31. The molecule has 0 unspecified atom stereocenters. The minimum Gasteiger partial charge on any atom is -0.325 e. The Morgan fingerprint density at radius 2 is 2.04 bits per heavy atom. The van der Waals surface area contributed by atoms with Crippen molar-refractivity contribution in [3.05, 3.63) is 64.9 Å². The maximum absolute atomic E-state index is 12.3. The van der Waals surface area contributed by atoms with Crippen LogP contribution in [0.5, 0.6) is 0 Å². The molecule has 0 bridgehead atoms. The van der Waals surface area contributed by atoms with Crippen LogP contribution >= 0.6 is 11.6 Å². The molecule has 0 atom stereocenters. The van der Waals surface area contributed by atoms with Crippen LogP contribution in [-0.2, 0) is 11.2 Å². The second-order valence-corrected chi connectivity index (χ2v) is 5.43. The average molecular weight is 328 g/mol. The van der Waals surface area contributed by atoms with Crippen molar-refractivity contribution < 1.29 is 4.79 Å². The quantitative estimate of drug-likeness (QED) is 0.799. The van der Waals surface area contributed by atoms with Gasteiger partial charge in [0.2, 0.25) is 5.91 Å². The van der Waals surface area contributed by atoms with E-state index in [0.29, 0.717) is 5.02 Å². The average Bonchev–Trinajstić information content (AvgIpc) is 3.06. The van der Waals surface area contributed by atoms with Crippen LogP contribution in [0.25, 0.3) is 5.69 Å². The zero-order valence-electron chi connectivity index (χ0n) is 12.4. The molecule has 7 heteroatoms. The van der Waals surface area contributed by atoms with Gasteiger partial charge in [-0.25, -0.2) is 4.68 Å². The van der Waals surface area contributed by atoms with Crippen molar-refractivity contribution in [1.82, 2.24) is 20.2 Å². The van der Waals surface area contributed by atoms with E-state index in [1.54, 1.807) is 10.7 Å². The van der Waals surface area contributed by atoms with E-state index in [2.05, 4.69) is 20.8 Å². The molecule has 0 saturated heterocycles. The molecule has 0 aliphatic carbocycles. The summed E-state index contributed by atoms with van der Waals surface area (Å²) in [7, 11) is 0. The predicted molar refractivity (Wildman–Crippen MR) is 87.7 cm³/mol. The van der Waals surface area contributed by atoms with E-state index >= 15 is 0 Å². The number of amides is 1. The Kier molecular flexibility index (Phi) is 4.34. The zero-order valence-corrected chi connectivity index (χ0v) is 13.2. The maximum atomic E-state index is 12.3. The van der Waals surface area contributed by atoms with Crippen molar-refractivity contribution in [2.24, 2.45) is 0 Å². The SMILES string of the molecule is Cc1c(NC(=O)Cc2ccccc2Cl)cccc1-n1cnnn1. The molecule has 1 aromatic heterocycles. The van der Waals surface area contributed by atoms with Gasteiger partial charge in [0.05, 0.1) is 12.1 Å². The first-order chi connectivity index (χ1) is 11.1. The number of tetrazole rings is 1. The molecule has 0 fully saturated rings. The van der Waals surface area contributed by atoms with Crippen molar-refractivity contribution >= 4 is 23.2 Å². The molecule has 0 spiro atoms. The molecule has 23 heavy (non-hydrogen) atoms. The second kappa shape index (κ2) is 6.58. The first kappa shape index (κ1) is 15.2. The first-order valence-electron chi connectivity index (χ1n) is 7.01. The lowest BCUT2D eigenvalue weighted by Crippen LogP contribution is -2.16. The third-order valence-electron chi connectivity index (χ3n) is 3.48. The summed E-state index contributed by atoms with van der Waals surface area (Å²) >= 11 is 6.09. The van der Waals surface area contributed by atoms with Gasteiger partial charge in [0.15, 0.2) is 0 Å². The van der Waals surface area contributed by atoms with E-state index in [1.165, 1.54) is 6.33 Å². The number of carbonyl (C=O) groups excluding carboxylic acids is 1. The van der Waals surface area contributed by atoms with Crippen LogP contribution in [-0.4, -0.2) is 26.1 Å². The Balaban J connectivity index is 1.79. The summed E-state index contributed by atoms with van der Waals surface area (Å²) in [5.41, 5.74) is 3.20. The number of benzene rings is 2. The molecule has 1 N–H and O–H groups in total. The van der Waals surface area contributed by atoms with E-state index in [-0.39, 0.29) is 12.3 Å². The Morgan fingerprint density at radius 3 is 2.78 bits per heavy atom. The van der Waals surface area contributed by atoms with Crippen LogP contribution in [0.3, 0.4) is 0 Å². The summed E-state index contributed by atoms with van der Waals surface area (Å²) < 4.78 is 1.55. The molecule has 1 amide bonds. The number of aromatic nitrogens is 4. The number of hydrogen-bond acceptors (Lipinski definition) is 4. The highest BCUT2D eigenvalue weighted by Crippen LogP contribution is 2.22. The largest absolute Gasteiger partial charge is 0.325 e. The summed E-state index contributed by atoms with van der Waals surface area (Å²) in [6, 6.07) is 12.9. The van der Waals surface area contributed by atoms with Gasteiger partial charge >= 0.3 is 0 Å². The lowest BCUT2D eigenvalue weighted by molar-refractivity contribution is -0.115. The van der Waals surface area contributed by atoms with Gasteiger partial charge in [0.1, 0.15) is 6.33 Å². The fraction of sp³-hybridized carbons (Fsp3) is 0.125. The zero-order chi connectivity index (χ0) is 16.2. The number of halogens is 1. The minimum atomic E-state index is -0.130. The number of nitrogens with zero attached hydrogens (tertiary/aromatic N) is 4. The normalized spacial score (nSPS) is 10.5. The van der Waals surface area contributed by atoms with Crippen molar-refractivity contribution in [2.45, 2.75) is 13.3 Å². The third kappa shape index (κ3) is 3.37. The van der Waals surface area contributed by atoms with Crippen LogP contribution in [0.4, 0.5) is 5.69 Å². The Labute approximate surface area is 138 Å². The Bertz CT molecular complexity index is 832. The van der Waals surface area contributed by atoms with Crippen LogP contribution in [0.2, 0.25) is 5.02 Å². The van der Waals surface area contributed by atoms with Gasteiger partial charge < -0.3 is 5.32 Å². The summed E-state index contributed by atoms with van der Waals surface area (Å²) in [6.45, 7) is 1.90. The number of nitrogens with one attached hydrogen (secondary N) is 1. The number of anilines is 1. The van der Waals surface area contributed by atoms with Crippen molar-refractivity contribution in [3.8, 4) is 5.69 Å². The van der Waals surface area contributed by atoms with E-state index in [0.717, 1.165) is 22.5 Å². The molecule has 0 saturated carbocycles. The third-order valence-corrected chi connectivity index (χ3v) is 3.85. The van der Waals surface area contributed by atoms with E-state index in [9.17, 15) is 4.79 Å². The van der Waals surface area contributed by atoms with E-state index in [1.807, 2.05) is 43.3 Å². The summed E-state index contributed by atoms with van der Waals surface area (Å²) in [5, 5.41) is 14.6. The van der Waals surface area contributed by atoms with Crippen LogP contribution in [0.15, 0.2) is 48.8 Å². The van der Waals surface area contributed by atoms with E-state index < -0.39 is 0 Å². The van der Waals surface area contributed by atoms with Gasteiger partial charge in [-0.3, -0.25) is 4.79 Å². The second-order valence-electron chi connectivity index (χ2n) is 5.02. The summed E-state index contributed by atoms with van der Waals surface area (Å²) in [6.07, 6.45) is 1.73. The maximum Gasteiger partial charge on any atom is 0.228 e. The van der Waals surface area contributed by atoms with Gasteiger partial charge in [0, 0.05) is 10.7 Å². The minimum absolute atomic E-state index is 0.130. The molecule has 116 valence electrons. The fourth-order valence-electron chi connectivity index (χ4n) is 2.29. The van der Waals surface area contributed by atoms with Gasteiger partial charge in [0.25, 0.3) is 0 Å². The van der Waals surface area contributed by atoms with Crippen LogP contribution in [0.1, 0.15) is 11.1 Å². The lowest BCUT2D eigenvalue weighted by Gasteiger charge is -2.12. The van der Waals surface area contributed by atoms with Gasteiger partial charge in [-0.1, -0.05) is 35.9 Å². The highest BCUT2D eigenvalue weighted by Gasteiger charge is 2.11. The topological polar surface area (TPSA) is 72.7 Å². The Hall–Kier alpha value is -2.73. The molecular weight excluding hydrogens is 314 g/mol. The molecule has 0 radical (unpaired) electrons. The number of rotatable bonds is 4. The first-order valence-corrected chi connectivity index (χ1v) is 7.39. The van der Waals surface area contributed by atoms with Gasteiger partial charge in [-0.2, -0.15) is 0 Å². The highest BCUT2D eigenvalue weighted by atomic mass is 35.5. The number of hydrogen-bond donors (Lipinski definition) is 1. The number of carbonyl (C=O) groups is 1. The van der Waals surface area contributed by atoms with Crippen LogP contribution in [0, 0.1) is 6.92 Å². The molecule has 0 aliphatic heterocycles. The van der Waals surface area contributed by atoms with Gasteiger partial charge in [-0.15, -0.1) is 5.10 Å². The molecule has 0 aliphatic rings. The summed E-state index contributed by atoms with van der Waals surface area (Å²) in [5.74, 6) is -0.130. The van der Waals surface area contributed by atoms with Crippen molar-refractivity contribution in [2.75, 3.05) is 5.32 Å². The van der Waals surface area contributed by atoms with Gasteiger partial charge in [-0.05, 0) is 46.7 Å². The Morgan fingerprint density at radius 1 is 1.22 bits per heavy atom. The predicted octanol–water partition coefficient (Wildman–Crippen LogP) is 2.81. The molecule has 1 heterocycles. The van der Waals surface area contributed by atoms with E-state index in [4.69, 9.17) is 11.6 Å². The monoisotopic (exact) mass is 327 g/mol.